The van der Waals surface area contributed by atoms with Crippen molar-refractivity contribution in [2.24, 2.45) is 0 Å². The topological polar surface area (TPSA) is 126 Å². The van der Waals surface area contributed by atoms with E-state index in [9.17, 15) is 21.6 Å². The zero-order valence-corrected chi connectivity index (χ0v) is 17.2. The van der Waals surface area contributed by atoms with Crippen LogP contribution in [0.25, 0.3) is 0 Å². The highest BCUT2D eigenvalue weighted by Crippen LogP contribution is 2.23. The van der Waals surface area contributed by atoms with Crippen LogP contribution in [0.4, 0.5) is 5.69 Å². The lowest BCUT2D eigenvalue weighted by Crippen LogP contribution is -2.24. The SMILES string of the molecule is CNS(=O)(=O)c1cn(CC(=O)Nc2ccc(C)c(Cl)c2)cc1S(=O)(=O)NC. The van der Waals surface area contributed by atoms with Gasteiger partial charge in [-0.15, -0.1) is 0 Å². The summed E-state index contributed by atoms with van der Waals surface area (Å²) < 4.78 is 53.8. The number of nitrogens with zero attached hydrogens (tertiary/aromatic N) is 1. The van der Waals surface area contributed by atoms with E-state index in [2.05, 4.69) is 14.8 Å². The van der Waals surface area contributed by atoms with Crippen LogP contribution in [0.2, 0.25) is 5.02 Å². The van der Waals surface area contributed by atoms with Gasteiger partial charge >= 0.3 is 0 Å². The van der Waals surface area contributed by atoms with Crippen LogP contribution in [-0.2, 0) is 31.4 Å². The van der Waals surface area contributed by atoms with Gasteiger partial charge in [-0.3, -0.25) is 4.79 Å². The Labute approximate surface area is 162 Å². The van der Waals surface area contributed by atoms with Crippen molar-refractivity contribution in [1.29, 1.82) is 0 Å². The molecule has 0 aliphatic heterocycles. The third kappa shape index (κ3) is 4.87. The molecule has 12 heteroatoms. The van der Waals surface area contributed by atoms with E-state index in [1.165, 1.54) is 4.57 Å². The van der Waals surface area contributed by atoms with Gasteiger partial charge in [0.25, 0.3) is 0 Å². The summed E-state index contributed by atoms with van der Waals surface area (Å²) in [5.74, 6) is -0.480. The molecule has 3 N–H and O–H groups in total. The van der Waals surface area contributed by atoms with Crippen molar-refractivity contribution in [3.63, 3.8) is 0 Å². The smallest absolute Gasteiger partial charge is 0.244 e. The number of halogens is 1. The molecule has 0 atom stereocenters. The first-order valence-corrected chi connectivity index (χ1v) is 11.0. The molecule has 2 rings (SSSR count). The third-order valence-electron chi connectivity index (χ3n) is 3.71. The second kappa shape index (κ2) is 7.98. The fourth-order valence-electron chi connectivity index (χ4n) is 2.22. The van der Waals surface area contributed by atoms with Crippen molar-refractivity contribution in [1.82, 2.24) is 14.0 Å². The Balaban J connectivity index is 2.32. The van der Waals surface area contributed by atoms with E-state index in [1.54, 1.807) is 18.2 Å². The van der Waals surface area contributed by atoms with Gasteiger partial charge < -0.3 is 9.88 Å². The molecule has 0 aliphatic carbocycles. The molecule has 0 fully saturated rings. The van der Waals surface area contributed by atoms with Crippen LogP contribution >= 0.6 is 11.6 Å². The lowest BCUT2D eigenvalue weighted by molar-refractivity contribution is -0.116. The minimum Gasteiger partial charge on any atom is -0.342 e. The van der Waals surface area contributed by atoms with E-state index in [-0.39, 0.29) is 6.54 Å². The largest absolute Gasteiger partial charge is 0.342 e. The van der Waals surface area contributed by atoms with E-state index in [1.807, 2.05) is 6.92 Å². The van der Waals surface area contributed by atoms with E-state index in [0.29, 0.717) is 10.7 Å². The molecule has 0 saturated carbocycles. The van der Waals surface area contributed by atoms with Gasteiger partial charge in [-0.1, -0.05) is 17.7 Å². The number of carbonyl (C=O) groups excluding carboxylic acids is 1. The molecule has 0 aliphatic rings. The fraction of sp³-hybridized carbons (Fsp3) is 0.267. The van der Waals surface area contributed by atoms with Crippen LogP contribution in [0.15, 0.2) is 40.4 Å². The average molecular weight is 435 g/mol. The molecular weight excluding hydrogens is 416 g/mol. The van der Waals surface area contributed by atoms with Crippen LogP contribution in [0.1, 0.15) is 5.56 Å². The number of sulfonamides is 2. The zero-order valence-electron chi connectivity index (χ0n) is 14.8. The van der Waals surface area contributed by atoms with Gasteiger partial charge in [0.05, 0.1) is 0 Å². The zero-order chi connectivity index (χ0) is 20.4. The first-order chi connectivity index (χ1) is 12.5. The normalized spacial score (nSPS) is 12.1. The predicted octanol–water partition coefficient (Wildman–Crippen LogP) is 0.905. The predicted molar refractivity (Wildman–Crippen MR) is 102 cm³/mol. The summed E-state index contributed by atoms with van der Waals surface area (Å²) in [6.07, 6.45) is 2.16. The number of hydrogen-bond donors (Lipinski definition) is 3. The van der Waals surface area contributed by atoms with Crippen molar-refractivity contribution < 1.29 is 21.6 Å². The van der Waals surface area contributed by atoms with E-state index >= 15 is 0 Å². The van der Waals surface area contributed by atoms with Crippen molar-refractivity contribution in [3.05, 3.63) is 41.2 Å². The Kier molecular flexibility index (Phi) is 6.32. The molecule has 0 unspecified atom stereocenters. The van der Waals surface area contributed by atoms with Crippen LogP contribution in [0.5, 0.6) is 0 Å². The molecule has 2 aromatic rings. The highest BCUT2D eigenvalue weighted by atomic mass is 35.5. The number of benzene rings is 1. The maximum absolute atomic E-state index is 12.2. The quantitative estimate of drug-likeness (QED) is 0.596. The lowest BCUT2D eigenvalue weighted by atomic mass is 10.2. The van der Waals surface area contributed by atoms with Crippen molar-refractivity contribution in [2.75, 3.05) is 19.4 Å². The minimum atomic E-state index is -4.05. The van der Waals surface area contributed by atoms with Gasteiger partial charge in [0.2, 0.25) is 26.0 Å². The Bertz CT molecular complexity index is 1030. The summed E-state index contributed by atoms with van der Waals surface area (Å²) in [5.41, 5.74) is 1.32. The van der Waals surface area contributed by atoms with Gasteiger partial charge in [0.15, 0.2) is 0 Å². The first kappa shape index (κ1) is 21.4. The fourth-order valence-corrected chi connectivity index (χ4v) is 4.68. The molecule has 148 valence electrons. The summed E-state index contributed by atoms with van der Waals surface area (Å²) >= 11 is 6.01. The maximum Gasteiger partial charge on any atom is 0.244 e. The van der Waals surface area contributed by atoms with Gasteiger partial charge in [0, 0.05) is 23.1 Å². The molecule has 1 aromatic heterocycles. The molecule has 1 aromatic carbocycles. The number of anilines is 1. The molecule has 9 nitrogen and oxygen atoms in total. The first-order valence-electron chi connectivity index (χ1n) is 7.63. The average Bonchev–Trinajstić information content (AvgIpc) is 3.03. The minimum absolute atomic E-state index is 0.295. The van der Waals surface area contributed by atoms with Gasteiger partial charge in [-0.05, 0) is 38.7 Å². The summed E-state index contributed by atoms with van der Waals surface area (Å²) in [6.45, 7) is 1.53. The molecule has 27 heavy (non-hydrogen) atoms. The Hall–Kier alpha value is -1.92. The molecular formula is C15H19ClN4O5S2. The Morgan fingerprint density at radius 1 is 1.04 bits per heavy atom. The Morgan fingerprint density at radius 2 is 1.56 bits per heavy atom. The summed E-state index contributed by atoms with van der Waals surface area (Å²) in [4.78, 5) is 11.3. The van der Waals surface area contributed by atoms with E-state index in [4.69, 9.17) is 11.6 Å². The van der Waals surface area contributed by atoms with E-state index < -0.39 is 35.7 Å². The van der Waals surface area contributed by atoms with Gasteiger partial charge in [-0.2, -0.15) is 0 Å². The van der Waals surface area contributed by atoms with Crippen molar-refractivity contribution in [3.8, 4) is 0 Å². The van der Waals surface area contributed by atoms with Crippen LogP contribution in [-0.4, -0.2) is 41.4 Å². The standard InChI is InChI=1S/C15H19ClN4O5S2/c1-10-4-5-11(6-12(10)16)19-15(21)9-20-7-13(26(22,23)17-2)14(8-20)27(24,25)18-3/h4-8,17-18H,9H2,1-3H3,(H,19,21). The number of carbonyl (C=O) groups is 1. The van der Waals surface area contributed by atoms with Crippen LogP contribution in [0, 0.1) is 6.92 Å². The number of amides is 1. The molecule has 0 radical (unpaired) electrons. The Morgan fingerprint density at radius 3 is 2.00 bits per heavy atom. The molecule has 0 saturated heterocycles. The molecule has 1 amide bonds. The summed E-state index contributed by atoms with van der Waals surface area (Å²) in [5, 5.41) is 3.10. The molecule has 1 heterocycles. The lowest BCUT2D eigenvalue weighted by Gasteiger charge is -2.07. The van der Waals surface area contributed by atoms with Gasteiger partial charge in [-0.25, -0.2) is 26.3 Å². The molecule has 0 spiro atoms. The number of nitrogens with one attached hydrogen (secondary N) is 3. The van der Waals surface area contributed by atoms with Crippen LogP contribution in [0.3, 0.4) is 0 Å². The summed E-state index contributed by atoms with van der Waals surface area (Å²) in [7, 11) is -5.76. The third-order valence-corrected chi connectivity index (χ3v) is 7.13. The van der Waals surface area contributed by atoms with Crippen molar-refractivity contribution in [2.45, 2.75) is 23.3 Å². The van der Waals surface area contributed by atoms with Crippen LogP contribution < -0.4 is 14.8 Å². The van der Waals surface area contributed by atoms with Gasteiger partial charge in [0.1, 0.15) is 16.3 Å². The molecule has 0 bridgehead atoms. The highest BCUT2D eigenvalue weighted by molar-refractivity contribution is 7.92. The van der Waals surface area contributed by atoms with Crippen molar-refractivity contribution >= 4 is 43.2 Å². The number of rotatable bonds is 7. The van der Waals surface area contributed by atoms with E-state index in [0.717, 1.165) is 32.1 Å². The number of aryl methyl sites for hydroxylation is 1. The summed E-state index contributed by atoms with van der Waals surface area (Å²) in [6, 6.07) is 4.99. The second-order valence-electron chi connectivity index (χ2n) is 5.59. The second-order valence-corrected chi connectivity index (χ2v) is 9.70. The number of aromatic nitrogens is 1. The maximum atomic E-state index is 12.2. The highest BCUT2D eigenvalue weighted by Gasteiger charge is 2.27. The monoisotopic (exact) mass is 434 g/mol. The number of hydrogen-bond acceptors (Lipinski definition) is 5.